The summed E-state index contributed by atoms with van der Waals surface area (Å²) >= 11 is 13.5. The first kappa shape index (κ1) is 69.6. The predicted molar refractivity (Wildman–Crippen MR) is 383 cm³/mol. The third kappa shape index (κ3) is 17.3. The van der Waals surface area contributed by atoms with Crippen molar-refractivity contribution in [2.75, 3.05) is 16.0 Å². The molecule has 21 nitrogen and oxygen atoms in total. The van der Waals surface area contributed by atoms with Crippen LogP contribution >= 0.6 is 39.1 Å². The Morgan fingerprint density at radius 1 is 0.532 bits per heavy atom. The fraction of sp³-hybridized carbons (Fsp3) is 0.333. The van der Waals surface area contributed by atoms with E-state index >= 15 is 0 Å². The number of aryl methyl sites for hydroxylation is 6. The van der Waals surface area contributed by atoms with Gasteiger partial charge in [-0.3, -0.25) is 47.0 Å². The smallest absolute Gasteiger partial charge is 0.399 e. The molecule has 25 heteroatoms. The summed E-state index contributed by atoms with van der Waals surface area (Å²) in [6.45, 7) is 30.2. The number of fused-ring (bicyclic) bond motifs is 3. The number of nitrogens with one attached hydrogen (secondary N) is 3. The summed E-state index contributed by atoms with van der Waals surface area (Å²) in [5.74, 6) is 2.43. The van der Waals surface area contributed by atoms with Crippen molar-refractivity contribution in [2.24, 2.45) is 21.1 Å². The minimum Gasteiger partial charge on any atom is -0.399 e. The molecule has 1 saturated heterocycles. The van der Waals surface area contributed by atoms with Crippen LogP contribution in [-0.4, -0.2) is 113 Å². The normalized spacial score (nSPS) is 13.4. The maximum absolute atomic E-state index is 11.4. The molecule has 1 fully saturated rings. The van der Waals surface area contributed by atoms with Gasteiger partial charge in [-0.25, -0.2) is 15.0 Å². The van der Waals surface area contributed by atoms with Crippen molar-refractivity contribution >= 4 is 92.0 Å². The molecular formula is C69H82BBrCl2N18O3. The molecule has 13 rings (SSSR count). The average Bonchev–Trinajstić information content (AvgIpc) is 1.62. The summed E-state index contributed by atoms with van der Waals surface area (Å²) in [6, 6.07) is 29.9. The van der Waals surface area contributed by atoms with Crippen molar-refractivity contribution in [3.8, 4) is 56.4 Å². The van der Waals surface area contributed by atoms with Crippen molar-refractivity contribution in [1.29, 1.82) is 0 Å². The van der Waals surface area contributed by atoms with Gasteiger partial charge in [0, 0.05) is 116 Å². The summed E-state index contributed by atoms with van der Waals surface area (Å²) in [5.41, 5.74) is 15.0. The van der Waals surface area contributed by atoms with Crippen LogP contribution in [0.15, 0.2) is 151 Å². The van der Waals surface area contributed by atoms with Crippen molar-refractivity contribution in [3.63, 3.8) is 0 Å². The van der Waals surface area contributed by atoms with Gasteiger partial charge in [-0.15, -0.1) is 23.2 Å². The van der Waals surface area contributed by atoms with Crippen molar-refractivity contribution < 1.29 is 14.1 Å². The Labute approximate surface area is 568 Å². The quantitative estimate of drug-likeness (QED) is 0.0905. The Bertz CT molecular complexity index is 4610. The number of rotatable bonds is 9. The molecule has 1 aliphatic rings. The Balaban J connectivity index is 0.000000148. The SMILES string of the molecule is CC(=O)Nc1cnc2ccc(-c3cn(C)nc3-c3cccc(C)n3)cn12.CC(C)(C)Nc1cnc2ccc(B3OC(C)(C)C(C)(C)O3)cn12.CC(Cl)Cl.Cc1cccc(-c2nn(C)cc2-c2ccc3ncc(NC(C)(C)C)n3c2)n1.Cc1cccc(-c2nn(C)cc2Br)n1. The lowest BCUT2D eigenvalue weighted by Crippen LogP contribution is -2.41. The van der Waals surface area contributed by atoms with E-state index in [1.807, 2.05) is 184 Å². The fourth-order valence-corrected chi connectivity index (χ4v) is 10.6. The number of hydrogen-bond donors (Lipinski definition) is 3. The third-order valence-electron chi connectivity index (χ3n) is 14.8. The van der Waals surface area contributed by atoms with Gasteiger partial charge in [0.05, 0.1) is 51.3 Å². The van der Waals surface area contributed by atoms with E-state index in [1.54, 1.807) is 22.5 Å². The van der Waals surface area contributed by atoms with Crippen molar-refractivity contribution in [1.82, 2.24) is 72.4 Å². The first-order valence-electron chi connectivity index (χ1n) is 30.7. The van der Waals surface area contributed by atoms with Gasteiger partial charge in [0.15, 0.2) is 0 Å². The van der Waals surface area contributed by atoms with E-state index in [0.717, 1.165) is 112 Å². The van der Waals surface area contributed by atoms with Crippen molar-refractivity contribution in [3.05, 3.63) is 168 Å². The lowest BCUT2D eigenvalue weighted by atomic mass is 9.80. The highest BCUT2D eigenvalue weighted by molar-refractivity contribution is 9.10. The van der Waals surface area contributed by atoms with Crippen LogP contribution < -0.4 is 21.4 Å². The second kappa shape index (κ2) is 28.5. The lowest BCUT2D eigenvalue weighted by molar-refractivity contribution is -0.114. The van der Waals surface area contributed by atoms with Crippen LogP contribution in [0.5, 0.6) is 0 Å². The van der Waals surface area contributed by atoms with E-state index in [9.17, 15) is 4.79 Å². The van der Waals surface area contributed by atoms with Gasteiger partial charge in [0.25, 0.3) is 0 Å². The van der Waals surface area contributed by atoms with Gasteiger partial charge in [-0.05, 0) is 185 Å². The molecule has 0 radical (unpaired) electrons. The molecule has 0 aromatic carbocycles. The predicted octanol–water partition coefficient (Wildman–Crippen LogP) is 14.6. The number of amides is 1. The highest BCUT2D eigenvalue weighted by atomic mass is 79.9. The van der Waals surface area contributed by atoms with Crippen LogP contribution in [0.2, 0.25) is 0 Å². The minimum absolute atomic E-state index is 0.0314. The number of hydrogen-bond acceptors (Lipinski definition) is 14. The zero-order valence-electron chi connectivity index (χ0n) is 56.6. The maximum atomic E-state index is 11.4. The van der Waals surface area contributed by atoms with Gasteiger partial charge < -0.3 is 25.3 Å². The summed E-state index contributed by atoms with van der Waals surface area (Å²) in [5, 5.41) is 23.4. The van der Waals surface area contributed by atoms with Gasteiger partial charge in [-0.2, -0.15) is 15.3 Å². The van der Waals surface area contributed by atoms with Crippen molar-refractivity contribution in [2.45, 2.75) is 131 Å². The number of anilines is 3. The largest absolute Gasteiger partial charge is 0.496 e. The van der Waals surface area contributed by atoms with E-state index in [0.29, 0.717) is 5.82 Å². The highest BCUT2D eigenvalue weighted by Crippen LogP contribution is 2.37. The number of aromatic nitrogens is 15. The molecule has 490 valence electrons. The summed E-state index contributed by atoms with van der Waals surface area (Å²) in [6.07, 6.45) is 17.4. The number of imidazole rings is 3. The minimum atomic E-state index is -0.366. The van der Waals surface area contributed by atoms with Crippen LogP contribution in [0.3, 0.4) is 0 Å². The third-order valence-corrected chi connectivity index (χ3v) is 15.4. The second-order valence-electron chi connectivity index (χ2n) is 26.1. The summed E-state index contributed by atoms with van der Waals surface area (Å²) in [7, 11) is 5.35. The molecule has 0 saturated carbocycles. The second-order valence-corrected chi connectivity index (χ2v) is 28.5. The molecule has 1 aliphatic heterocycles. The fourth-order valence-electron chi connectivity index (χ4n) is 10.1. The van der Waals surface area contributed by atoms with Crippen LogP contribution in [0.25, 0.3) is 73.4 Å². The zero-order valence-corrected chi connectivity index (χ0v) is 59.7. The molecule has 0 spiro atoms. The zero-order chi connectivity index (χ0) is 68.2. The van der Waals surface area contributed by atoms with E-state index in [-0.39, 0.29) is 40.1 Å². The topological polar surface area (TPSA) is 216 Å². The van der Waals surface area contributed by atoms with Gasteiger partial charge in [0.1, 0.15) is 56.3 Å². The highest BCUT2D eigenvalue weighted by Gasteiger charge is 2.52. The molecule has 0 unspecified atom stereocenters. The first-order valence-corrected chi connectivity index (χ1v) is 32.3. The Morgan fingerprint density at radius 3 is 1.28 bits per heavy atom. The van der Waals surface area contributed by atoms with Crippen LogP contribution in [0.1, 0.15) is 100 Å². The number of nitrogens with zero attached hydrogens (tertiary/aromatic N) is 15. The maximum Gasteiger partial charge on any atom is 0.496 e. The number of pyridine rings is 6. The first-order chi connectivity index (χ1) is 44.2. The average molecular weight is 1370 g/mol. The number of halogens is 3. The Hall–Kier alpha value is -8.74. The van der Waals surface area contributed by atoms with Crippen LogP contribution in [-0.2, 0) is 35.2 Å². The van der Waals surface area contributed by atoms with Gasteiger partial charge in [0.2, 0.25) is 5.91 Å². The number of alkyl halides is 2. The Kier molecular flexibility index (Phi) is 21.1. The van der Waals surface area contributed by atoms with E-state index < -0.39 is 0 Å². The molecule has 0 bridgehead atoms. The van der Waals surface area contributed by atoms with E-state index in [2.05, 4.69) is 163 Å². The Morgan fingerprint density at radius 2 is 0.894 bits per heavy atom. The van der Waals surface area contributed by atoms with Crippen LogP contribution in [0.4, 0.5) is 17.5 Å². The monoisotopic (exact) mass is 1370 g/mol. The molecule has 12 aromatic rings. The molecule has 3 N–H and O–H groups in total. The molecule has 13 heterocycles. The molecule has 1 amide bonds. The number of carbonyl (C=O) groups excluding carboxylic acids is 1. The standard InChI is InChI=1S/C21H24N6.C19H18N6O.C17H26BN3O2.C10H10BrN3.C2H4Cl2/c1-14-7-6-8-17(23-14)20-16(13-26(5)25-20)15-9-10-18-22-11-19(27(18)12-15)24-21(2,3)4;1-12-5-4-6-16(21-12)19-15(11-24(3)23-19)14-7-8-17-20-9-18(22-13(2)26)25(17)10-14;1-15(2,3)20-14-10-19-13-9-8-12(11-21(13)14)18-22-16(4,5)17(6,7)23-18;1-7-4-3-5-9(12-7)10-8(11)6-14(2)13-10;1-2(3)4/h6-13,24H,1-5H3;4-11H,1-3H3,(H,22,26);8-11,20H,1-7H3;3-6H,1-2H3;2H,1H3. The molecule has 12 aromatic heterocycles. The molecule has 94 heavy (non-hydrogen) atoms. The number of carbonyl (C=O) groups is 1. The molecule has 0 atom stereocenters. The lowest BCUT2D eigenvalue weighted by Gasteiger charge is -2.32. The van der Waals surface area contributed by atoms with E-state index in [1.165, 1.54) is 6.92 Å². The van der Waals surface area contributed by atoms with Gasteiger partial charge >= 0.3 is 7.12 Å². The van der Waals surface area contributed by atoms with E-state index in [4.69, 9.17) is 32.5 Å². The summed E-state index contributed by atoms with van der Waals surface area (Å²) < 4.78 is 24.6. The van der Waals surface area contributed by atoms with Crippen LogP contribution in [0, 0.1) is 20.8 Å². The molecular weight excluding hydrogens is 1290 g/mol. The van der Waals surface area contributed by atoms with Gasteiger partial charge in [-0.1, -0.05) is 24.3 Å². The molecule has 0 aliphatic carbocycles. The summed E-state index contributed by atoms with van der Waals surface area (Å²) in [4.78, 5) is 38.1.